The molecule has 1 fully saturated rings. The molecule has 5 nitrogen and oxygen atoms in total. The third kappa shape index (κ3) is 6.57. The van der Waals surface area contributed by atoms with Crippen LogP contribution in [0.4, 0.5) is 5.69 Å². The van der Waals surface area contributed by atoms with Crippen LogP contribution in [0.1, 0.15) is 45.1 Å². The van der Waals surface area contributed by atoms with Gasteiger partial charge in [0.25, 0.3) is 0 Å². The highest BCUT2D eigenvalue weighted by atomic mass is 16.5. The number of nitrogens with zero attached hydrogens (tertiary/aromatic N) is 2. The van der Waals surface area contributed by atoms with Gasteiger partial charge in [-0.15, -0.1) is 0 Å². The first-order valence-corrected chi connectivity index (χ1v) is 14.0. The third-order valence-electron chi connectivity index (χ3n) is 7.84. The fourth-order valence-corrected chi connectivity index (χ4v) is 5.48. The molecule has 3 aromatic rings. The van der Waals surface area contributed by atoms with E-state index in [9.17, 15) is 4.79 Å². The molecule has 0 radical (unpaired) electrons. The van der Waals surface area contributed by atoms with E-state index >= 15 is 0 Å². The first kappa shape index (κ1) is 27.7. The molecule has 202 valence electrons. The molecule has 0 aliphatic carbocycles. The van der Waals surface area contributed by atoms with Crippen molar-refractivity contribution in [3.05, 3.63) is 84.4 Å². The van der Waals surface area contributed by atoms with E-state index in [1.54, 1.807) is 7.11 Å². The Labute approximate surface area is 228 Å². The largest absolute Gasteiger partial charge is 0.497 e. The Morgan fingerprint density at radius 1 is 0.868 bits per heavy atom. The Morgan fingerprint density at radius 2 is 1.61 bits per heavy atom. The summed E-state index contributed by atoms with van der Waals surface area (Å²) in [6.07, 6.45) is 3.37. The minimum absolute atomic E-state index is 0.0738. The standard InChI is InChI=1S/C33H42N2O3/c1-4-25-38-32(36)33(5-2,29-12-7-6-8-13-29)19-10-20-34-21-23-35(24-22-34)30-17-15-27(16-18-30)28-11-9-14-31(26-28)37-3/h6-9,11-18,26H,4-5,10,19-25H2,1-3H3. The Balaban J connectivity index is 1.31. The number of hydrogen-bond acceptors (Lipinski definition) is 5. The average Bonchev–Trinajstić information content (AvgIpc) is 2.99. The zero-order valence-electron chi connectivity index (χ0n) is 23.2. The van der Waals surface area contributed by atoms with Crippen molar-refractivity contribution >= 4 is 11.7 Å². The second-order valence-corrected chi connectivity index (χ2v) is 10.1. The van der Waals surface area contributed by atoms with E-state index in [0.29, 0.717) is 6.61 Å². The van der Waals surface area contributed by atoms with Crippen molar-refractivity contribution < 1.29 is 14.3 Å². The van der Waals surface area contributed by atoms with Crippen LogP contribution in [0, 0.1) is 0 Å². The Morgan fingerprint density at radius 3 is 2.26 bits per heavy atom. The number of anilines is 1. The van der Waals surface area contributed by atoms with E-state index in [0.717, 1.165) is 75.3 Å². The van der Waals surface area contributed by atoms with Gasteiger partial charge < -0.3 is 14.4 Å². The lowest BCUT2D eigenvalue weighted by atomic mass is 9.74. The summed E-state index contributed by atoms with van der Waals surface area (Å²) in [7, 11) is 1.70. The fraction of sp³-hybridized carbons (Fsp3) is 0.424. The minimum atomic E-state index is -0.567. The number of piperazine rings is 1. The molecule has 1 aliphatic rings. The van der Waals surface area contributed by atoms with Gasteiger partial charge in [0, 0.05) is 31.9 Å². The van der Waals surface area contributed by atoms with E-state index in [1.165, 1.54) is 11.3 Å². The van der Waals surface area contributed by atoms with Gasteiger partial charge >= 0.3 is 5.97 Å². The molecule has 38 heavy (non-hydrogen) atoms. The maximum Gasteiger partial charge on any atom is 0.316 e. The van der Waals surface area contributed by atoms with Gasteiger partial charge in [0.2, 0.25) is 0 Å². The average molecular weight is 515 g/mol. The van der Waals surface area contributed by atoms with Gasteiger partial charge in [0.05, 0.1) is 19.1 Å². The molecule has 0 spiro atoms. The molecule has 4 rings (SSSR count). The topological polar surface area (TPSA) is 42.0 Å². The van der Waals surface area contributed by atoms with E-state index in [1.807, 2.05) is 37.3 Å². The van der Waals surface area contributed by atoms with Gasteiger partial charge in [-0.05, 0) is 73.2 Å². The third-order valence-corrected chi connectivity index (χ3v) is 7.84. The SMILES string of the molecule is CCCOC(=O)C(CC)(CCCN1CCN(c2ccc(-c3cccc(OC)c3)cc2)CC1)c1ccccc1. The van der Waals surface area contributed by atoms with Crippen LogP contribution >= 0.6 is 0 Å². The Kier molecular flexibility index (Phi) is 9.83. The van der Waals surface area contributed by atoms with Crippen LogP contribution in [-0.2, 0) is 14.9 Å². The summed E-state index contributed by atoms with van der Waals surface area (Å²) in [6.45, 7) is 9.71. The molecule has 0 amide bonds. The second-order valence-electron chi connectivity index (χ2n) is 10.1. The van der Waals surface area contributed by atoms with Crippen LogP contribution in [0.3, 0.4) is 0 Å². The van der Waals surface area contributed by atoms with E-state index in [4.69, 9.17) is 9.47 Å². The van der Waals surface area contributed by atoms with Crippen molar-refractivity contribution in [3.63, 3.8) is 0 Å². The zero-order valence-corrected chi connectivity index (χ0v) is 23.2. The Hall–Kier alpha value is -3.31. The number of esters is 1. The lowest BCUT2D eigenvalue weighted by Crippen LogP contribution is -2.47. The van der Waals surface area contributed by atoms with Crippen molar-refractivity contribution in [2.45, 2.75) is 44.9 Å². The summed E-state index contributed by atoms with van der Waals surface area (Å²) >= 11 is 0. The summed E-state index contributed by atoms with van der Waals surface area (Å²) in [5.41, 5.74) is 4.14. The molecule has 0 N–H and O–H groups in total. The molecular formula is C33H42N2O3. The van der Waals surface area contributed by atoms with Gasteiger partial charge in [0.1, 0.15) is 5.75 Å². The van der Waals surface area contributed by atoms with Crippen LogP contribution in [0.5, 0.6) is 5.75 Å². The predicted octanol–water partition coefficient (Wildman–Crippen LogP) is 6.57. The molecule has 3 aromatic carbocycles. The van der Waals surface area contributed by atoms with Crippen molar-refractivity contribution in [3.8, 4) is 16.9 Å². The number of carbonyl (C=O) groups excluding carboxylic acids is 1. The molecule has 1 saturated heterocycles. The van der Waals surface area contributed by atoms with Gasteiger partial charge in [-0.2, -0.15) is 0 Å². The number of carbonyl (C=O) groups is 1. The smallest absolute Gasteiger partial charge is 0.316 e. The number of benzene rings is 3. The quantitative estimate of drug-likeness (QED) is 0.256. The van der Waals surface area contributed by atoms with Crippen LogP contribution < -0.4 is 9.64 Å². The number of rotatable bonds is 12. The van der Waals surface area contributed by atoms with Gasteiger partial charge in [0.15, 0.2) is 0 Å². The fourth-order valence-electron chi connectivity index (χ4n) is 5.48. The molecule has 0 aromatic heterocycles. The Bertz CT molecular complexity index is 1140. The van der Waals surface area contributed by atoms with E-state index in [-0.39, 0.29) is 5.97 Å². The van der Waals surface area contributed by atoms with Gasteiger partial charge in [-0.25, -0.2) is 0 Å². The molecule has 1 unspecified atom stereocenters. The number of hydrogen-bond donors (Lipinski definition) is 0. The van der Waals surface area contributed by atoms with Gasteiger partial charge in [-0.3, -0.25) is 9.69 Å². The predicted molar refractivity (Wildman–Crippen MR) is 156 cm³/mol. The van der Waals surface area contributed by atoms with Crippen LogP contribution in [0.15, 0.2) is 78.9 Å². The van der Waals surface area contributed by atoms with Crippen molar-refractivity contribution in [1.82, 2.24) is 4.90 Å². The molecule has 0 saturated carbocycles. The molecule has 1 aliphatic heterocycles. The first-order chi connectivity index (χ1) is 18.6. The molecular weight excluding hydrogens is 472 g/mol. The van der Waals surface area contributed by atoms with Gasteiger partial charge in [-0.1, -0.05) is 68.4 Å². The van der Waals surface area contributed by atoms with Crippen molar-refractivity contribution in [2.24, 2.45) is 0 Å². The maximum atomic E-state index is 13.2. The molecule has 1 atom stereocenters. The van der Waals surface area contributed by atoms with Crippen LogP contribution in [-0.4, -0.2) is 57.3 Å². The van der Waals surface area contributed by atoms with Crippen LogP contribution in [0.2, 0.25) is 0 Å². The minimum Gasteiger partial charge on any atom is -0.497 e. The number of methoxy groups -OCH3 is 1. The van der Waals surface area contributed by atoms with Crippen molar-refractivity contribution in [2.75, 3.05) is 51.3 Å². The highest BCUT2D eigenvalue weighted by Crippen LogP contribution is 2.35. The second kappa shape index (κ2) is 13.5. The molecule has 5 heteroatoms. The summed E-state index contributed by atoms with van der Waals surface area (Å²) in [6, 6.07) is 27.2. The highest BCUT2D eigenvalue weighted by molar-refractivity contribution is 5.83. The zero-order chi connectivity index (χ0) is 26.8. The summed E-state index contributed by atoms with van der Waals surface area (Å²) < 4.78 is 11.1. The highest BCUT2D eigenvalue weighted by Gasteiger charge is 2.39. The first-order valence-electron chi connectivity index (χ1n) is 14.0. The number of ether oxygens (including phenoxy) is 2. The lowest BCUT2D eigenvalue weighted by molar-refractivity contribution is -0.151. The summed E-state index contributed by atoms with van der Waals surface area (Å²) in [5.74, 6) is 0.802. The normalized spacial score (nSPS) is 15.6. The van der Waals surface area contributed by atoms with Crippen molar-refractivity contribution in [1.29, 1.82) is 0 Å². The van der Waals surface area contributed by atoms with E-state index in [2.05, 4.69) is 65.3 Å². The lowest BCUT2D eigenvalue weighted by Gasteiger charge is -2.37. The monoisotopic (exact) mass is 514 g/mol. The molecule has 1 heterocycles. The molecule has 0 bridgehead atoms. The van der Waals surface area contributed by atoms with Crippen LogP contribution in [0.25, 0.3) is 11.1 Å². The summed E-state index contributed by atoms with van der Waals surface area (Å²) in [5, 5.41) is 0. The van der Waals surface area contributed by atoms with E-state index < -0.39 is 5.41 Å². The summed E-state index contributed by atoms with van der Waals surface area (Å²) in [4.78, 5) is 18.2. The maximum absolute atomic E-state index is 13.2.